The van der Waals surface area contributed by atoms with E-state index in [1.54, 1.807) is 12.4 Å². The normalized spacial score (nSPS) is 11.6. The van der Waals surface area contributed by atoms with Gasteiger partial charge in [-0.3, -0.25) is 9.55 Å². The molecule has 0 bridgehead atoms. The number of pyridine rings is 1. The molecule has 0 spiro atoms. The highest BCUT2D eigenvalue weighted by Crippen LogP contribution is 2.37. The Balaban J connectivity index is 1.74. The van der Waals surface area contributed by atoms with E-state index in [0.717, 1.165) is 50.0 Å². The Hall–Kier alpha value is -3.92. The zero-order chi connectivity index (χ0) is 18.5. The number of imidazole rings is 1. The first kappa shape index (κ1) is 15.2. The molecule has 0 radical (unpaired) electrons. The second-order valence-electron chi connectivity index (χ2n) is 6.75. The lowest BCUT2D eigenvalue weighted by atomic mass is 10.1. The molecule has 4 heteroatoms. The number of para-hydroxylation sites is 3. The molecule has 0 aliphatic carbocycles. The molecular formula is C24H15N3O. The first-order valence-corrected chi connectivity index (χ1v) is 9.19. The minimum atomic E-state index is 0.846. The molecule has 0 aliphatic rings. The van der Waals surface area contributed by atoms with Crippen LogP contribution < -0.4 is 0 Å². The molecular weight excluding hydrogens is 346 g/mol. The predicted molar refractivity (Wildman–Crippen MR) is 112 cm³/mol. The molecule has 28 heavy (non-hydrogen) atoms. The smallest absolute Gasteiger partial charge is 0.149 e. The van der Waals surface area contributed by atoms with E-state index in [2.05, 4.69) is 45.9 Å². The van der Waals surface area contributed by atoms with Crippen molar-refractivity contribution in [2.75, 3.05) is 0 Å². The van der Waals surface area contributed by atoms with E-state index < -0.39 is 0 Å². The van der Waals surface area contributed by atoms with Gasteiger partial charge in [0.05, 0.1) is 17.3 Å². The van der Waals surface area contributed by atoms with Gasteiger partial charge in [0.1, 0.15) is 22.5 Å². The maximum atomic E-state index is 6.26. The molecule has 0 atom stereocenters. The third kappa shape index (κ3) is 2.12. The van der Waals surface area contributed by atoms with Gasteiger partial charge < -0.3 is 4.42 Å². The quantitative estimate of drug-likeness (QED) is 0.381. The highest BCUT2D eigenvalue weighted by molar-refractivity contribution is 6.09. The topological polar surface area (TPSA) is 43.9 Å². The standard InChI is InChI=1S/C24H15N3O/c1-2-7-16(8-3-1)27-21-13-14-25-15-20(21)26-24(27)19-11-6-10-18-17-9-4-5-12-22(17)28-23(18)19/h1-15H. The molecule has 0 amide bonds. The molecule has 3 aromatic carbocycles. The van der Waals surface area contributed by atoms with Gasteiger partial charge in [0, 0.05) is 22.7 Å². The van der Waals surface area contributed by atoms with Crippen LogP contribution in [0.3, 0.4) is 0 Å². The molecule has 4 nitrogen and oxygen atoms in total. The molecule has 6 rings (SSSR count). The van der Waals surface area contributed by atoms with E-state index in [1.165, 1.54) is 0 Å². The molecule has 0 fully saturated rings. The summed E-state index contributed by atoms with van der Waals surface area (Å²) >= 11 is 0. The number of hydrogen-bond acceptors (Lipinski definition) is 3. The molecule has 3 heterocycles. The van der Waals surface area contributed by atoms with E-state index >= 15 is 0 Å². The summed E-state index contributed by atoms with van der Waals surface area (Å²) in [5, 5.41) is 2.21. The zero-order valence-electron chi connectivity index (χ0n) is 14.9. The van der Waals surface area contributed by atoms with Crippen molar-refractivity contribution >= 4 is 33.0 Å². The Bertz CT molecular complexity index is 1460. The van der Waals surface area contributed by atoms with Crippen molar-refractivity contribution in [3.8, 4) is 17.1 Å². The van der Waals surface area contributed by atoms with E-state index in [9.17, 15) is 0 Å². The monoisotopic (exact) mass is 361 g/mol. The van der Waals surface area contributed by atoms with Crippen LogP contribution >= 0.6 is 0 Å². The van der Waals surface area contributed by atoms with Gasteiger partial charge in [-0.2, -0.15) is 0 Å². The Morgan fingerprint density at radius 3 is 2.50 bits per heavy atom. The van der Waals surface area contributed by atoms with Crippen LogP contribution in [0.4, 0.5) is 0 Å². The molecule has 0 saturated carbocycles. The van der Waals surface area contributed by atoms with Gasteiger partial charge in [0.2, 0.25) is 0 Å². The lowest BCUT2D eigenvalue weighted by Crippen LogP contribution is -1.97. The third-order valence-corrected chi connectivity index (χ3v) is 5.12. The van der Waals surface area contributed by atoms with Crippen LogP contribution in [0.25, 0.3) is 50.0 Å². The fourth-order valence-corrected chi connectivity index (χ4v) is 3.87. The van der Waals surface area contributed by atoms with Crippen LogP contribution in [0.1, 0.15) is 0 Å². The first-order chi connectivity index (χ1) is 13.9. The van der Waals surface area contributed by atoms with Crippen molar-refractivity contribution in [2.24, 2.45) is 0 Å². The van der Waals surface area contributed by atoms with E-state index in [0.29, 0.717) is 0 Å². The second-order valence-corrected chi connectivity index (χ2v) is 6.75. The van der Waals surface area contributed by atoms with Crippen molar-refractivity contribution in [1.82, 2.24) is 14.5 Å². The van der Waals surface area contributed by atoms with Gasteiger partial charge in [-0.1, -0.05) is 48.5 Å². The molecule has 0 aliphatic heterocycles. The van der Waals surface area contributed by atoms with Gasteiger partial charge in [-0.15, -0.1) is 0 Å². The average Bonchev–Trinajstić information content (AvgIpc) is 3.33. The second kappa shape index (κ2) is 5.79. The van der Waals surface area contributed by atoms with Gasteiger partial charge >= 0.3 is 0 Å². The summed E-state index contributed by atoms with van der Waals surface area (Å²) in [6.45, 7) is 0. The fourth-order valence-electron chi connectivity index (χ4n) is 3.87. The molecule has 132 valence electrons. The van der Waals surface area contributed by atoms with Crippen molar-refractivity contribution in [2.45, 2.75) is 0 Å². The minimum absolute atomic E-state index is 0.846. The van der Waals surface area contributed by atoms with Crippen molar-refractivity contribution in [3.63, 3.8) is 0 Å². The van der Waals surface area contributed by atoms with Crippen LogP contribution in [0.5, 0.6) is 0 Å². The number of nitrogens with zero attached hydrogens (tertiary/aromatic N) is 3. The lowest BCUT2D eigenvalue weighted by Gasteiger charge is -2.09. The van der Waals surface area contributed by atoms with Crippen LogP contribution in [-0.4, -0.2) is 14.5 Å². The number of furan rings is 1. The molecule has 3 aromatic heterocycles. The fraction of sp³-hybridized carbons (Fsp3) is 0. The summed E-state index contributed by atoms with van der Waals surface area (Å²) in [5.74, 6) is 0.846. The molecule has 0 N–H and O–H groups in total. The third-order valence-electron chi connectivity index (χ3n) is 5.12. The van der Waals surface area contributed by atoms with E-state index in [-0.39, 0.29) is 0 Å². The maximum absolute atomic E-state index is 6.26. The van der Waals surface area contributed by atoms with Crippen molar-refractivity contribution in [3.05, 3.63) is 91.3 Å². The highest BCUT2D eigenvalue weighted by Gasteiger charge is 2.19. The van der Waals surface area contributed by atoms with Gasteiger partial charge in [-0.25, -0.2) is 4.98 Å². The van der Waals surface area contributed by atoms with E-state index in [4.69, 9.17) is 9.40 Å². The summed E-state index contributed by atoms with van der Waals surface area (Å²) < 4.78 is 8.42. The number of rotatable bonds is 2. The number of benzene rings is 3. The maximum Gasteiger partial charge on any atom is 0.149 e. The zero-order valence-corrected chi connectivity index (χ0v) is 14.9. The Morgan fingerprint density at radius 1 is 0.750 bits per heavy atom. The number of aromatic nitrogens is 3. The SMILES string of the molecule is c1ccc(-n2c(-c3cccc4c3oc3ccccc34)nc3cnccc32)cc1. The van der Waals surface area contributed by atoms with Crippen LogP contribution in [-0.2, 0) is 0 Å². The van der Waals surface area contributed by atoms with Gasteiger partial charge in [-0.05, 0) is 30.3 Å². The summed E-state index contributed by atoms with van der Waals surface area (Å²) in [6.07, 6.45) is 3.60. The van der Waals surface area contributed by atoms with Gasteiger partial charge in [0.15, 0.2) is 0 Å². The summed E-state index contributed by atoms with van der Waals surface area (Å²) in [4.78, 5) is 9.17. The Labute approximate surface area is 160 Å². The Kier molecular flexibility index (Phi) is 3.14. The molecule has 0 unspecified atom stereocenters. The summed E-state index contributed by atoms with van der Waals surface area (Å²) in [7, 11) is 0. The van der Waals surface area contributed by atoms with Crippen molar-refractivity contribution in [1.29, 1.82) is 0 Å². The van der Waals surface area contributed by atoms with Crippen LogP contribution in [0.2, 0.25) is 0 Å². The van der Waals surface area contributed by atoms with E-state index in [1.807, 2.05) is 42.5 Å². The highest BCUT2D eigenvalue weighted by atomic mass is 16.3. The molecule has 6 aromatic rings. The van der Waals surface area contributed by atoms with Crippen LogP contribution in [0, 0.1) is 0 Å². The number of hydrogen-bond donors (Lipinski definition) is 0. The summed E-state index contributed by atoms with van der Waals surface area (Å²) in [6, 6.07) is 26.6. The average molecular weight is 361 g/mol. The van der Waals surface area contributed by atoms with Crippen molar-refractivity contribution < 1.29 is 4.42 Å². The Morgan fingerprint density at radius 2 is 1.57 bits per heavy atom. The van der Waals surface area contributed by atoms with Crippen LogP contribution in [0.15, 0.2) is 95.7 Å². The summed E-state index contributed by atoms with van der Waals surface area (Å²) in [5.41, 5.74) is 5.63. The predicted octanol–water partition coefficient (Wildman–Crippen LogP) is 5.99. The number of fused-ring (bicyclic) bond motifs is 4. The van der Waals surface area contributed by atoms with Gasteiger partial charge in [0.25, 0.3) is 0 Å². The largest absolute Gasteiger partial charge is 0.455 e. The first-order valence-electron chi connectivity index (χ1n) is 9.19. The lowest BCUT2D eigenvalue weighted by molar-refractivity contribution is 0.669. The molecule has 0 saturated heterocycles. The minimum Gasteiger partial charge on any atom is -0.455 e.